The largest absolute Gasteiger partial charge is 0.480 e. The fourth-order valence-corrected chi connectivity index (χ4v) is 1.48. The van der Waals surface area contributed by atoms with Crippen LogP contribution in [0.2, 0.25) is 0 Å². The number of amides is 2. The molecule has 1 aromatic rings. The number of hydrogen-bond donors (Lipinski definition) is 2. The number of ether oxygens (including phenoxy) is 1. The molecule has 0 heterocycles. The van der Waals surface area contributed by atoms with Gasteiger partial charge in [-0.05, 0) is 12.1 Å². The quantitative estimate of drug-likeness (QED) is 0.749. The van der Waals surface area contributed by atoms with E-state index in [0.29, 0.717) is 11.3 Å². The standard InChI is InChI=1S/C13H15N3O4/c1-16(11-5-3-2-4-10(11)8-14)13(19)15-6-7-20-9-12(17)18/h2-5H,6-7,9H2,1H3,(H,15,19)(H,17,18). The van der Waals surface area contributed by atoms with Gasteiger partial charge in [0.05, 0.1) is 17.9 Å². The Morgan fingerprint density at radius 2 is 2.15 bits per heavy atom. The second-order valence-corrected chi connectivity index (χ2v) is 3.87. The van der Waals surface area contributed by atoms with Gasteiger partial charge in [-0.2, -0.15) is 5.26 Å². The molecule has 7 heteroatoms. The van der Waals surface area contributed by atoms with Crippen molar-refractivity contribution < 1.29 is 19.4 Å². The van der Waals surface area contributed by atoms with Gasteiger partial charge in [-0.25, -0.2) is 9.59 Å². The molecule has 106 valence electrons. The molecule has 2 amide bonds. The number of benzene rings is 1. The third kappa shape index (κ3) is 4.59. The molecule has 0 radical (unpaired) electrons. The van der Waals surface area contributed by atoms with Gasteiger partial charge in [0, 0.05) is 13.6 Å². The van der Waals surface area contributed by atoms with Gasteiger partial charge in [-0.15, -0.1) is 0 Å². The van der Waals surface area contributed by atoms with Crippen LogP contribution < -0.4 is 10.2 Å². The predicted octanol–water partition coefficient (Wildman–Crippen LogP) is 0.805. The number of anilines is 1. The van der Waals surface area contributed by atoms with Crippen LogP contribution in [0, 0.1) is 11.3 Å². The van der Waals surface area contributed by atoms with Gasteiger partial charge in [0.25, 0.3) is 0 Å². The van der Waals surface area contributed by atoms with Gasteiger partial charge in [0.15, 0.2) is 0 Å². The van der Waals surface area contributed by atoms with Crippen molar-refractivity contribution in [2.24, 2.45) is 0 Å². The lowest BCUT2D eigenvalue weighted by Crippen LogP contribution is -2.39. The van der Waals surface area contributed by atoms with Crippen LogP contribution in [0.4, 0.5) is 10.5 Å². The number of carboxylic acids is 1. The van der Waals surface area contributed by atoms with E-state index >= 15 is 0 Å². The lowest BCUT2D eigenvalue weighted by molar-refractivity contribution is -0.142. The first-order valence-electron chi connectivity index (χ1n) is 5.86. The van der Waals surface area contributed by atoms with E-state index in [4.69, 9.17) is 15.1 Å². The molecule has 0 unspecified atom stereocenters. The monoisotopic (exact) mass is 277 g/mol. The third-order valence-electron chi connectivity index (χ3n) is 2.44. The first-order valence-corrected chi connectivity index (χ1v) is 5.86. The molecule has 0 aliphatic rings. The number of para-hydroxylation sites is 1. The summed E-state index contributed by atoms with van der Waals surface area (Å²) in [6.07, 6.45) is 0. The summed E-state index contributed by atoms with van der Waals surface area (Å²) in [6.45, 7) is -0.111. The molecule has 0 aliphatic heterocycles. The highest BCUT2D eigenvalue weighted by Gasteiger charge is 2.13. The average Bonchev–Trinajstić information content (AvgIpc) is 2.45. The minimum Gasteiger partial charge on any atom is -0.480 e. The zero-order valence-electron chi connectivity index (χ0n) is 11.0. The molecule has 1 rings (SSSR count). The molecule has 0 spiro atoms. The Morgan fingerprint density at radius 1 is 1.45 bits per heavy atom. The van der Waals surface area contributed by atoms with Crippen molar-refractivity contribution in [3.8, 4) is 6.07 Å². The summed E-state index contributed by atoms with van der Waals surface area (Å²) < 4.78 is 4.79. The minimum atomic E-state index is -1.06. The molecule has 7 nitrogen and oxygen atoms in total. The van der Waals surface area contributed by atoms with Crippen molar-refractivity contribution in [1.29, 1.82) is 5.26 Å². The minimum absolute atomic E-state index is 0.103. The number of nitrogens with zero attached hydrogens (tertiary/aromatic N) is 2. The normalized spacial score (nSPS) is 9.60. The van der Waals surface area contributed by atoms with Crippen molar-refractivity contribution in [3.63, 3.8) is 0 Å². The van der Waals surface area contributed by atoms with E-state index in [9.17, 15) is 9.59 Å². The predicted molar refractivity (Wildman–Crippen MR) is 71.4 cm³/mol. The summed E-state index contributed by atoms with van der Waals surface area (Å²) in [7, 11) is 1.55. The lowest BCUT2D eigenvalue weighted by atomic mass is 10.2. The second kappa shape index (κ2) is 7.76. The molecule has 2 N–H and O–H groups in total. The van der Waals surface area contributed by atoms with Crippen molar-refractivity contribution in [1.82, 2.24) is 5.32 Å². The maximum absolute atomic E-state index is 11.8. The summed E-state index contributed by atoms with van der Waals surface area (Å²) in [4.78, 5) is 23.4. The number of rotatable bonds is 6. The number of hydrogen-bond acceptors (Lipinski definition) is 4. The number of aliphatic carboxylic acids is 1. The highest BCUT2D eigenvalue weighted by molar-refractivity contribution is 5.92. The Bertz CT molecular complexity index is 525. The van der Waals surface area contributed by atoms with Gasteiger partial charge in [-0.1, -0.05) is 12.1 Å². The molecule has 0 aliphatic carbocycles. The van der Waals surface area contributed by atoms with Gasteiger partial charge in [0.2, 0.25) is 0 Å². The van der Waals surface area contributed by atoms with Gasteiger partial charge >= 0.3 is 12.0 Å². The topological polar surface area (TPSA) is 103 Å². The molecular weight excluding hydrogens is 262 g/mol. The average molecular weight is 277 g/mol. The Morgan fingerprint density at radius 3 is 2.80 bits per heavy atom. The summed E-state index contributed by atoms with van der Waals surface area (Å²) in [5.74, 6) is -1.06. The molecule has 0 saturated heterocycles. The number of urea groups is 1. The molecule has 20 heavy (non-hydrogen) atoms. The van der Waals surface area contributed by atoms with Gasteiger partial charge in [0.1, 0.15) is 12.7 Å². The molecule has 0 bridgehead atoms. The number of carboxylic acid groups (broad SMARTS) is 1. The van der Waals surface area contributed by atoms with Crippen LogP contribution in [0.5, 0.6) is 0 Å². The molecule has 1 aromatic carbocycles. The van der Waals surface area contributed by atoms with Crippen LogP contribution in [0.3, 0.4) is 0 Å². The highest BCUT2D eigenvalue weighted by atomic mass is 16.5. The van der Waals surface area contributed by atoms with Crippen LogP contribution >= 0.6 is 0 Å². The van der Waals surface area contributed by atoms with Crippen molar-refractivity contribution in [2.75, 3.05) is 31.7 Å². The van der Waals surface area contributed by atoms with E-state index in [-0.39, 0.29) is 13.2 Å². The zero-order chi connectivity index (χ0) is 15.0. The zero-order valence-corrected chi connectivity index (χ0v) is 11.0. The summed E-state index contributed by atoms with van der Waals surface area (Å²) in [5.41, 5.74) is 0.895. The van der Waals surface area contributed by atoms with Crippen LogP contribution in [-0.2, 0) is 9.53 Å². The summed E-state index contributed by atoms with van der Waals surface area (Å²) in [6, 6.07) is 8.35. The fourth-order valence-electron chi connectivity index (χ4n) is 1.48. The van der Waals surface area contributed by atoms with Crippen molar-refractivity contribution in [3.05, 3.63) is 29.8 Å². The maximum atomic E-state index is 11.8. The van der Waals surface area contributed by atoms with Crippen LogP contribution in [0.15, 0.2) is 24.3 Å². The molecule has 0 atom stereocenters. The van der Waals surface area contributed by atoms with Crippen molar-refractivity contribution >= 4 is 17.7 Å². The lowest BCUT2D eigenvalue weighted by Gasteiger charge is -2.19. The first-order chi connectivity index (χ1) is 9.56. The van der Waals surface area contributed by atoms with Crippen LogP contribution in [-0.4, -0.2) is 43.9 Å². The van der Waals surface area contributed by atoms with E-state index in [0.717, 1.165) is 0 Å². The van der Waals surface area contributed by atoms with E-state index < -0.39 is 18.6 Å². The summed E-state index contributed by atoms with van der Waals surface area (Å²) >= 11 is 0. The molecule has 0 saturated carbocycles. The summed E-state index contributed by atoms with van der Waals surface area (Å²) in [5, 5.41) is 19.9. The number of carbonyl (C=O) groups excluding carboxylic acids is 1. The molecule has 0 fully saturated rings. The smallest absolute Gasteiger partial charge is 0.329 e. The van der Waals surface area contributed by atoms with Crippen LogP contribution in [0.1, 0.15) is 5.56 Å². The SMILES string of the molecule is CN(C(=O)NCCOCC(=O)O)c1ccccc1C#N. The van der Waals surface area contributed by atoms with E-state index in [1.54, 1.807) is 31.3 Å². The van der Waals surface area contributed by atoms with Gasteiger partial charge < -0.3 is 15.2 Å². The first kappa shape index (κ1) is 15.5. The Kier molecular flexibility index (Phi) is 6.00. The third-order valence-corrected chi connectivity index (χ3v) is 2.44. The van der Waals surface area contributed by atoms with Crippen molar-refractivity contribution in [2.45, 2.75) is 0 Å². The van der Waals surface area contributed by atoms with E-state index in [1.807, 2.05) is 6.07 Å². The second-order valence-electron chi connectivity index (χ2n) is 3.87. The fraction of sp³-hybridized carbons (Fsp3) is 0.308. The Labute approximate surface area is 116 Å². The highest BCUT2D eigenvalue weighted by Crippen LogP contribution is 2.17. The van der Waals surface area contributed by atoms with E-state index in [2.05, 4.69) is 5.32 Å². The Balaban J connectivity index is 2.47. The number of carbonyl (C=O) groups is 2. The number of nitriles is 1. The van der Waals surface area contributed by atoms with Crippen LogP contribution in [0.25, 0.3) is 0 Å². The Hall–Kier alpha value is -2.59. The number of nitrogens with one attached hydrogen (secondary N) is 1. The molecular formula is C13H15N3O4. The van der Waals surface area contributed by atoms with E-state index in [1.165, 1.54) is 4.90 Å². The maximum Gasteiger partial charge on any atom is 0.329 e. The van der Waals surface area contributed by atoms with Gasteiger partial charge in [-0.3, -0.25) is 4.90 Å². The molecule has 0 aromatic heterocycles.